The standard InChI is InChI=1S/C16H23N3S/c1-20-11-5-3-2-4-9-19-16-7-6-15(17)14-12-18-10-8-13(14)16/h6-8,10,12,19H,2-5,9,11,17H2,1H3. The third-order valence-electron chi connectivity index (χ3n) is 3.44. The Labute approximate surface area is 125 Å². The van der Waals surface area contributed by atoms with E-state index in [1.165, 1.54) is 31.4 Å². The van der Waals surface area contributed by atoms with Gasteiger partial charge in [-0.05, 0) is 43.0 Å². The molecule has 0 unspecified atom stereocenters. The van der Waals surface area contributed by atoms with Gasteiger partial charge in [0.25, 0.3) is 0 Å². The van der Waals surface area contributed by atoms with Crippen molar-refractivity contribution in [3.05, 3.63) is 30.6 Å². The second-order valence-electron chi connectivity index (χ2n) is 4.96. The molecule has 1 heterocycles. The maximum Gasteiger partial charge on any atom is 0.0422 e. The van der Waals surface area contributed by atoms with E-state index in [9.17, 15) is 0 Å². The molecule has 4 heteroatoms. The van der Waals surface area contributed by atoms with Gasteiger partial charge in [0.15, 0.2) is 0 Å². The molecule has 0 saturated carbocycles. The molecule has 1 aromatic carbocycles. The molecule has 0 bridgehead atoms. The van der Waals surface area contributed by atoms with E-state index < -0.39 is 0 Å². The number of fused-ring (bicyclic) bond motifs is 1. The first-order valence-corrected chi connectivity index (χ1v) is 8.57. The maximum atomic E-state index is 5.98. The van der Waals surface area contributed by atoms with E-state index in [4.69, 9.17) is 5.73 Å². The number of pyridine rings is 1. The number of hydrogen-bond donors (Lipinski definition) is 2. The zero-order valence-electron chi connectivity index (χ0n) is 12.1. The van der Waals surface area contributed by atoms with Crippen LogP contribution in [0.3, 0.4) is 0 Å². The van der Waals surface area contributed by atoms with Gasteiger partial charge in [-0.2, -0.15) is 11.8 Å². The monoisotopic (exact) mass is 289 g/mol. The van der Waals surface area contributed by atoms with Gasteiger partial charge in [0.2, 0.25) is 0 Å². The lowest BCUT2D eigenvalue weighted by atomic mass is 10.1. The van der Waals surface area contributed by atoms with E-state index in [0.717, 1.165) is 28.7 Å². The maximum absolute atomic E-state index is 5.98. The first kappa shape index (κ1) is 15.0. The number of nitrogens with zero attached hydrogens (tertiary/aromatic N) is 1. The van der Waals surface area contributed by atoms with E-state index in [-0.39, 0.29) is 0 Å². The van der Waals surface area contributed by atoms with Gasteiger partial charge in [-0.15, -0.1) is 0 Å². The number of aromatic nitrogens is 1. The molecule has 2 rings (SSSR count). The number of anilines is 2. The molecule has 0 spiro atoms. The molecule has 2 aromatic rings. The molecular weight excluding hydrogens is 266 g/mol. The number of unbranched alkanes of at least 4 members (excludes halogenated alkanes) is 3. The highest BCUT2D eigenvalue weighted by atomic mass is 32.2. The fraction of sp³-hybridized carbons (Fsp3) is 0.438. The molecule has 0 aliphatic rings. The number of hydrogen-bond acceptors (Lipinski definition) is 4. The van der Waals surface area contributed by atoms with Crippen LogP contribution in [0.4, 0.5) is 11.4 Å². The molecule has 3 nitrogen and oxygen atoms in total. The molecule has 3 N–H and O–H groups in total. The van der Waals surface area contributed by atoms with Crippen LogP contribution in [0.2, 0.25) is 0 Å². The minimum absolute atomic E-state index is 0.788. The van der Waals surface area contributed by atoms with Crippen LogP contribution in [-0.2, 0) is 0 Å². The van der Waals surface area contributed by atoms with Crippen LogP contribution in [0.1, 0.15) is 25.7 Å². The molecule has 0 aliphatic heterocycles. The van der Waals surface area contributed by atoms with E-state index in [2.05, 4.69) is 22.6 Å². The molecule has 0 atom stereocenters. The summed E-state index contributed by atoms with van der Waals surface area (Å²) in [6.07, 6.45) is 11.0. The molecule has 1 aromatic heterocycles. The van der Waals surface area contributed by atoms with Gasteiger partial charge in [0, 0.05) is 41.1 Å². The van der Waals surface area contributed by atoms with Crippen molar-refractivity contribution >= 4 is 33.9 Å². The van der Waals surface area contributed by atoms with Gasteiger partial charge in [-0.1, -0.05) is 12.8 Å². The van der Waals surface area contributed by atoms with Crippen molar-refractivity contribution in [3.8, 4) is 0 Å². The summed E-state index contributed by atoms with van der Waals surface area (Å²) in [5.74, 6) is 1.28. The highest BCUT2D eigenvalue weighted by Gasteiger charge is 2.03. The van der Waals surface area contributed by atoms with Crippen LogP contribution in [0.25, 0.3) is 10.8 Å². The highest BCUT2D eigenvalue weighted by molar-refractivity contribution is 7.98. The second-order valence-corrected chi connectivity index (χ2v) is 5.94. The SMILES string of the molecule is CSCCCCCCNc1ccc(N)c2cnccc12. The van der Waals surface area contributed by atoms with Gasteiger partial charge >= 0.3 is 0 Å². The Morgan fingerprint density at radius 3 is 2.80 bits per heavy atom. The minimum atomic E-state index is 0.788. The normalized spacial score (nSPS) is 10.8. The van der Waals surface area contributed by atoms with E-state index >= 15 is 0 Å². The van der Waals surface area contributed by atoms with Crippen LogP contribution in [0, 0.1) is 0 Å². The number of benzene rings is 1. The Bertz CT molecular complexity index is 542. The van der Waals surface area contributed by atoms with Crippen molar-refractivity contribution in [3.63, 3.8) is 0 Å². The summed E-state index contributed by atoms with van der Waals surface area (Å²) >= 11 is 1.93. The number of nitrogens with one attached hydrogen (secondary N) is 1. The zero-order valence-corrected chi connectivity index (χ0v) is 12.9. The summed E-state index contributed by atoms with van der Waals surface area (Å²) in [6, 6.07) is 6.03. The summed E-state index contributed by atoms with van der Waals surface area (Å²) in [4.78, 5) is 4.14. The zero-order chi connectivity index (χ0) is 14.2. The molecule has 0 saturated heterocycles. The first-order chi connectivity index (χ1) is 9.83. The first-order valence-electron chi connectivity index (χ1n) is 7.18. The van der Waals surface area contributed by atoms with Gasteiger partial charge in [0.1, 0.15) is 0 Å². The number of nitrogen functional groups attached to an aromatic ring is 1. The largest absolute Gasteiger partial charge is 0.398 e. The van der Waals surface area contributed by atoms with Crippen molar-refractivity contribution in [2.24, 2.45) is 0 Å². The molecule has 0 fully saturated rings. The van der Waals surface area contributed by atoms with Crippen molar-refractivity contribution in [1.82, 2.24) is 4.98 Å². The Balaban J connectivity index is 1.86. The Kier molecular flexibility index (Phi) is 5.99. The second kappa shape index (κ2) is 8.00. The van der Waals surface area contributed by atoms with Gasteiger partial charge in [0.05, 0.1) is 0 Å². The van der Waals surface area contributed by atoms with Crippen LogP contribution >= 0.6 is 11.8 Å². The van der Waals surface area contributed by atoms with Gasteiger partial charge in [-0.3, -0.25) is 4.98 Å². The fourth-order valence-corrected chi connectivity index (χ4v) is 2.81. The summed E-state index contributed by atoms with van der Waals surface area (Å²) in [6.45, 7) is 1.01. The van der Waals surface area contributed by atoms with Crippen LogP contribution in [0.15, 0.2) is 30.6 Å². The molecule has 0 radical (unpaired) electrons. The quantitative estimate of drug-likeness (QED) is 0.566. The van der Waals surface area contributed by atoms with E-state index in [1.54, 1.807) is 0 Å². The van der Waals surface area contributed by atoms with E-state index in [0.29, 0.717) is 0 Å². The van der Waals surface area contributed by atoms with Gasteiger partial charge < -0.3 is 11.1 Å². The number of thioether (sulfide) groups is 1. The van der Waals surface area contributed by atoms with Gasteiger partial charge in [-0.25, -0.2) is 0 Å². The average Bonchev–Trinajstić information content (AvgIpc) is 2.49. The predicted octanol–water partition coefficient (Wildman–Crippen LogP) is 4.15. The lowest BCUT2D eigenvalue weighted by Gasteiger charge is -2.11. The summed E-state index contributed by atoms with van der Waals surface area (Å²) in [7, 11) is 0. The van der Waals surface area contributed by atoms with Crippen molar-refractivity contribution in [1.29, 1.82) is 0 Å². The topological polar surface area (TPSA) is 50.9 Å². The molecule has 0 aliphatic carbocycles. The summed E-state index contributed by atoms with van der Waals surface area (Å²) in [5.41, 5.74) is 7.92. The number of nitrogens with two attached hydrogens (primary N) is 1. The Morgan fingerprint density at radius 1 is 1.10 bits per heavy atom. The summed E-state index contributed by atoms with van der Waals surface area (Å²) < 4.78 is 0. The fourth-order valence-electron chi connectivity index (χ4n) is 2.31. The third kappa shape index (κ3) is 4.04. The molecule has 0 amide bonds. The van der Waals surface area contributed by atoms with Crippen LogP contribution in [-0.4, -0.2) is 23.5 Å². The molecule has 20 heavy (non-hydrogen) atoms. The lowest BCUT2D eigenvalue weighted by Crippen LogP contribution is -2.02. The summed E-state index contributed by atoms with van der Waals surface area (Å²) in [5, 5.41) is 5.70. The lowest BCUT2D eigenvalue weighted by molar-refractivity contribution is 0.689. The third-order valence-corrected chi connectivity index (χ3v) is 4.14. The van der Waals surface area contributed by atoms with Crippen LogP contribution in [0.5, 0.6) is 0 Å². The highest BCUT2D eigenvalue weighted by Crippen LogP contribution is 2.27. The Hall–Kier alpha value is -1.42. The Morgan fingerprint density at radius 2 is 1.95 bits per heavy atom. The minimum Gasteiger partial charge on any atom is -0.398 e. The average molecular weight is 289 g/mol. The molecular formula is C16H23N3S. The van der Waals surface area contributed by atoms with Crippen molar-refractivity contribution in [2.75, 3.05) is 29.6 Å². The van der Waals surface area contributed by atoms with Crippen molar-refractivity contribution in [2.45, 2.75) is 25.7 Å². The van der Waals surface area contributed by atoms with Crippen LogP contribution < -0.4 is 11.1 Å². The predicted molar refractivity (Wildman–Crippen MR) is 91.5 cm³/mol. The molecule has 108 valence electrons. The number of rotatable bonds is 8. The van der Waals surface area contributed by atoms with E-state index in [1.807, 2.05) is 36.3 Å². The smallest absolute Gasteiger partial charge is 0.0422 e. The van der Waals surface area contributed by atoms with Crippen molar-refractivity contribution < 1.29 is 0 Å².